The molecule has 0 aliphatic carbocycles. The van der Waals surface area contributed by atoms with Crippen LogP contribution >= 0.6 is 0 Å². The number of carbonyl (C=O) groups excluding carboxylic acids is 2. The monoisotopic (exact) mass is 415 g/mol. The van der Waals surface area contributed by atoms with E-state index in [0.717, 1.165) is 0 Å². The predicted octanol–water partition coefficient (Wildman–Crippen LogP) is 1.54. The Balaban J connectivity index is 2.05. The number of methoxy groups -OCH3 is 1. The van der Waals surface area contributed by atoms with Crippen LogP contribution < -0.4 is 5.32 Å². The van der Waals surface area contributed by atoms with Crippen LogP contribution in [0.15, 0.2) is 9.42 Å². The van der Waals surface area contributed by atoms with Crippen molar-refractivity contribution in [1.29, 1.82) is 0 Å². The highest BCUT2D eigenvalue weighted by atomic mass is 32.2. The number of esters is 1. The standard InChI is InChI=1S/C18H29N3O6S/c1-6-9-18(4,17(23)26-5)19-16(22)14-7-10-21(11-8-14)28(24,25)15-12(2)20-27-13(15)3/h14H,6-11H2,1-5H3,(H,19,22). The Labute approximate surface area is 165 Å². The first-order valence-electron chi connectivity index (χ1n) is 9.40. The number of carbonyl (C=O) groups is 2. The smallest absolute Gasteiger partial charge is 0.331 e. The summed E-state index contributed by atoms with van der Waals surface area (Å²) in [4.78, 5) is 24.9. The van der Waals surface area contributed by atoms with E-state index in [9.17, 15) is 18.0 Å². The normalized spacial score (nSPS) is 18.5. The average molecular weight is 416 g/mol. The van der Waals surface area contributed by atoms with Crippen molar-refractivity contribution in [3.63, 3.8) is 0 Å². The predicted molar refractivity (Wildman–Crippen MR) is 101 cm³/mol. The van der Waals surface area contributed by atoms with Gasteiger partial charge in [0.1, 0.15) is 16.1 Å². The molecule has 9 nitrogen and oxygen atoms in total. The van der Waals surface area contributed by atoms with Crippen LogP contribution in [0.5, 0.6) is 0 Å². The van der Waals surface area contributed by atoms with E-state index >= 15 is 0 Å². The summed E-state index contributed by atoms with van der Waals surface area (Å²) in [6.07, 6.45) is 1.92. The minimum absolute atomic E-state index is 0.0941. The zero-order chi connectivity index (χ0) is 21.1. The lowest BCUT2D eigenvalue weighted by Crippen LogP contribution is -2.55. The number of hydrogen-bond donors (Lipinski definition) is 1. The molecule has 1 amide bonds. The molecule has 1 aromatic heterocycles. The fourth-order valence-corrected chi connectivity index (χ4v) is 5.41. The number of nitrogens with one attached hydrogen (secondary N) is 1. The molecule has 1 atom stereocenters. The molecule has 158 valence electrons. The second-order valence-corrected chi connectivity index (χ2v) is 9.27. The largest absolute Gasteiger partial charge is 0.467 e. The van der Waals surface area contributed by atoms with Crippen molar-refractivity contribution in [1.82, 2.24) is 14.8 Å². The van der Waals surface area contributed by atoms with Gasteiger partial charge in [0.15, 0.2) is 5.76 Å². The van der Waals surface area contributed by atoms with Crippen molar-refractivity contribution in [3.8, 4) is 0 Å². The van der Waals surface area contributed by atoms with Crippen LogP contribution in [-0.2, 0) is 24.3 Å². The lowest BCUT2D eigenvalue weighted by atomic mass is 9.92. The molecular weight excluding hydrogens is 386 g/mol. The second kappa shape index (κ2) is 8.60. The Morgan fingerprint density at radius 2 is 1.93 bits per heavy atom. The summed E-state index contributed by atoms with van der Waals surface area (Å²) in [5.74, 6) is -0.848. The van der Waals surface area contributed by atoms with E-state index in [2.05, 4.69) is 10.5 Å². The maximum atomic E-state index is 12.9. The summed E-state index contributed by atoms with van der Waals surface area (Å²) in [6.45, 7) is 7.16. The molecule has 0 bridgehead atoms. The molecule has 1 saturated heterocycles. The highest BCUT2D eigenvalue weighted by Gasteiger charge is 2.39. The number of rotatable bonds is 7. The summed E-state index contributed by atoms with van der Waals surface area (Å²) in [5, 5.41) is 6.52. The summed E-state index contributed by atoms with van der Waals surface area (Å²) in [5.41, 5.74) is -0.758. The molecule has 0 aromatic carbocycles. The maximum absolute atomic E-state index is 12.9. The molecule has 1 aliphatic heterocycles. The Morgan fingerprint density at radius 1 is 1.32 bits per heavy atom. The molecule has 0 saturated carbocycles. The summed E-state index contributed by atoms with van der Waals surface area (Å²) in [7, 11) is -2.43. The molecular formula is C18H29N3O6S. The van der Waals surface area contributed by atoms with Crippen molar-refractivity contribution < 1.29 is 27.3 Å². The van der Waals surface area contributed by atoms with Crippen LogP contribution in [0.4, 0.5) is 0 Å². The highest BCUT2D eigenvalue weighted by molar-refractivity contribution is 7.89. The fraction of sp³-hybridized carbons (Fsp3) is 0.722. The molecule has 10 heteroatoms. The van der Waals surface area contributed by atoms with E-state index in [0.29, 0.717) is 31.4 Å². The average Bonchev–Trinajstić information content (AvgIpc) is 3.00. The molecule has 2 heterocycles. The first kappa shape index (κ1) is 22.4. The molecule has 1 aromatic rings. The Hall–Kier alpha value is -1.94. The van der Waals surface area contributed by atoms with Crippen LogP contribution in [0.1, 0.15) is 51.0 Å². The molecule has 1 fully saturated rings. The lowest BCUT2D eigenvalue weighted by molar-refractivity contribution is -0.151. The third-order valence-corrected chi connectivity index (χ3v) is 7.32. The fourth-order valence-electron chi connectivity index (χ4n) is 3.65. The first-order valence-corrected chi connectivity index (χ1v) is 10.8. The molecule has 1 aliphatic rings. The Morgan fingerprint density at radius 3 is 2.39 bits per heavy atom. The van der Waals surface area contributed by atoms with Crippen molar-refractivity contribution in [2.45, 2.75) is 63.8 Å². The lowest BCUT2D eigenvalue weighted by Gasteiger charge is -2.33. The van der Waals surface area contributed by atoms with E-state index < -0.39 is 21.5 Å². The molecule has 1 N–H and O–H groups in total. The Bertz CT molecular complexity index is 807. The van der Waals surface area contributed by atoms with E-state index in [4.69, 9.17) is 9.26 Å². The van der Waals surface area contributed by atoms with Crippen molar-refractivity contribution in [2.24, 2.45) is 5.92 Å². The maximum Gasteiger partial charge on any atom is 0.331 e. The van der Waals surface area contributed by atoms with Crippen molar-refractivity contribution in [3.05, 3.63) is 11.5 Å². The first-order chi connectivity index (χ1) is 13.1. The molecule has 2 rings (SSSR count). The third kappa shape index (κ3) is 4.38. The number of amides is 1. The zero-order valence-corrected chi connectivity index (χ0v) is 17.9. The van der Waals surface area contributed by atoms with Gasteiger partial charge in [-0.15, -0.1) is 0 Å². The number of ether oxygens (including phenoxy) is 1. The van der Waals surface area contributed by atoms with Gasteiger partial charge < -0.3 is 14.6 Å². The molecule has 28 heavy (non-hydrogen) atoms. The minimum atomic E-state index is -3.72. The van der Waals surface area contributed by atoms with Gasteiger partial charge in [-0.3, -0.25) is 4.79 Å². The SMILES string of the molecule is CCCC(C)(NC(=O)C1CCN(S(=O)(=O)c2c(C)noc2C)CC1)C(=O)OC. The van der Waals surface area contributed by atoms with Gasteiger partial charge in [-0.25, -0.2) is 13.2 Å². The van der Waals surface area contributed by atoms with Crippen molar-refractivity contribution in [2.75, 3.05) is 20.2 Å². The van der Waals surface area contributed by atoms with Gasteiger partial charge in [-0.05, 0) is 40.0 Å². The van der Waals surface area contributed by atoms with Crippen LogP contribution in [0.3, 0.4) is 0 Å². The van der Waals surface area contributed by atoms with Gasteiger partial charge in [-0.1, -0.05) is 18.5 Å². The van der Waals surface area contributed by atoms with E-state index in [1.165, 1.54) is 11.4 Å². The topological polar surface area (TPSA) is 119 Å². The quantitative estimate of drug-likeness (QED) is 0.671. The third-order valence-electron chi connectivity index (χ3n) is 5.18. The number of nitrogens with zero attached hydrogens (tertiary/aromatic N) is 2. The van der Waals surface area contributed by atoms with E-state index in [1.807, 2.05) is 6.92 Å². The summed E-state index contributed by atoms with van der Waals surface area (Å²) >= 11 is 0. The van der Waals surface area contributed by atoms with Crippen LogP contribution in [0, 0.1) is 19.8 Å². The van der Waals surface area contributed by atoms with Gasteiger partial charge in [0.2, 0.25) is 15.9 Å². The van der Waals surface area contributed by atoms with Crippen LogP contribution in [-0.4, -0.2) is 55.5 Å². The second-order valence-electron chi connectivity index (χ2n) is 7.39. The number of aromatic nitrogens is 1. The van der Waals surface area contributed by atoms with Gasteiger partial charge >= 0.3 is 5.97 Å². The summed E-state index contributed by atoms with van der Waals surface area (Å²) in [6, 6.07) is 0. The number of piperidine rings is 1. The van der Waals surface area contributed by atoms with E-state index in [-0.39, 0.29) is 35.6 Å². The van der Waals surface area contributed by atoms with Crippen LogP contribution in [0.25, 0.3) is 0 Å². The number of hydrogen-bond acceptors (Lipinski definition) is 7. The number of sulfonamides is 1. The van der Waals surface area contributed by atoms with Gasteiger partial charge in [-0.2, -0.15) is 4.31 Å². The van der Waals surface area contributed by atoms with Gasteiger partial charge in [0, 0.05) is 19.0 Å². The van der Waals surface area contributed by atoms with Gasteiger partial charge in [0.05, 0.1) is 7.11 Å². The molecule has 1 unspecified atom stereocenters. The Kier molecular flexibility index (Phi) is 6.87. The minimum Gasteiger partial charge on any atom is -0.467 e. The summed E-state index contributed by atoms with van der Waals surface area (Å²) < 4.78 is 36.9. The van der Waals surface area contributed by atoms with Crippen LogP contribution in [0.2, 0.25) is 0 Å². The molecule has 0 radical (unpaired) electrons. The number of aryl methyl sites for hydroxylation is 2. The highest BCUT2D eigenvalue weighted by Crippen LogP contribution is 2.28. The van der Waals surface area contributed by atoms with Gasteiger partial charge in [0.25, 0.3) is 0 Å². The van der Waals surface area contributed by atoms with Crippen molar-refractivity contribution >= 4 is 21.9 Å². The van der Waals surface area contributed by atoms with E-state index in [1.54, 1.807) is 20.8 Å². The molecule has 0 spiro atoms. The zero-order valence-electron chi connectivity index (χ0n) is 17.1.